The van der Waals surface area contributed by atoms with Gasteiger partial charge in [-0.3, -0.25) is 9.69 Å². The van der Waals surface area contributed by atoms with E-state index in [0.717, 1.165) is 24.3 Å². The van der Waals surface area contributed by atoms with Crippen LogP contribution in [0.3, 0.4) is 0 Å². The van der Waals surface area contributed by atoms with E-state index in [1.54, 1.807) is 0 Å². The Kier molecular flexibility index (Phi) is 7.13. The van der Waals surface area contributed by atoms with Crippen molar-refractivity contribution in [2.45, 2.75) is 63.8 Å². The zero-order valence-electron chi connectivity index (χ0n) is 16.8. The number of carbonyl (C=O) groups is 1. The Bertz CT molecular complexity index is 620. The summed E-state index contributed by atoms with van der Waals surface area (Å²) >= 11 is 0. The Balaban J connectivity index is 1.64. The molecule has 1 saturated heterocycles. The molecule has 27 heavy (non-hydrogen) atoms. The van der Waals surface area contributed by atoms with E-state index in [1.165, 1.54) is 58.0 Å². The number of benzene rings is 1. The summed E-state index contributed by atoms with van der Waals surface area (Å²) in [7, 11) is 0. The second kappa shape index (κ2) is 9.56. The lowest BCUT2D eigenvalue weighted by Gasteiger charge is -2.45. The normalized spacial score (nSPS) is 19.8. The number of hydrogen-bond donors (Lipinski definition) is 2. The van der Waals surface area contributed by atoms with Crippen molar-refractivity contribution in [2.24, 2.45) is 5.73 Å². The third-order valence-electron chi connectivity index (χ3n) is 6.20. The number of rotatable bonds is 8. The van der Waals surface area contributed by atoms with E-state index in [-0.39, 0.29) is 11.4 Å². The zero-order chi connectivity index (χ0) is 19.1. The van der Waals surface area contributed by atoms with Gasteiger partial charge in [-0.1, -0.05) is 25.3 Å². The molecule has 1 aliphatic carbocycles. The molecule has 1 aromatic carbocycles. The summed E-state index contributed by atoms with van der Waals surface area (Å²) < 4.78 is 5.80. The standard InChI is InChI=1S/C22H35N3O2/c1-18-8-9-19(16-20(18)27-15-7-12-23)21(26)24-17-22(10-3-2-4-11-22)25-13-5-6-14-25/h8-9,16H,2-7,10-15,17,23H2,1H3,(H,24,26). The fourth-order valence-corrected chi connectivity index (χ4v) is 4.52. The van der Waals surface area contributed by atoms with Crippen molar-refractivity contribution in [2.75, 3.05) is 32.8 Å². The Morgan fingerprint density at radius 1 is 1.19 bits per heavy atom. The van der Waals surface area contributed by atoms with Crippen molar-refractivity contribution >= 4 is 5.91 Å². The van der Waals surface area contributed by atoms with Crippen LogP contribution in [0.25, 0.3) is 0 Å². The molecule has 5 heteroatoms. The summed E-state index contributed by atoms with van der Waals surface area (Å²) in [5, 5.41) is 3.24. The number of hydrogen-bond acceptors (Lipinski definition) is 4. The third-order valence-corrected chi connectivity index (χ3v) is 6.20. The number of nitrogens with zero attached hydrogens (tertiary/aromatic N) is 1. The minimum Gasteiger partial charge on any atom is -0.493 e. The van der Waals surface area contributed by atoms with Crippen LogP contribution in [-0.2, 0) is 0 Å². The maximum atomic E-state index is 12.8. The molecule has 1 heterocycles. The van der Waals surface area contributed by atoms with E-state index in [4.69, 9.17) is 10.5 Å². The van der Waals surface area contributed by atoms with E-state index >= 15 is 0 Å². The molecule has 1 saturated carbocycles. The maximum absolute atomic E-state index is 12.8. The number of nitrogens with one attached hydrogen (secondary N) is 1. The monoisotopic (exact) mass is 373 g/mol. The van der Waals surface area contributed by atoms with E-state index in [2.05, 4.69) is 10.2 Å². The molecular formula is C22H35N3O2. The minimum absolute atomic E-state index is 0.00261. The van der Waals surface area contributed by atoms with Crippen molar-refractivity contribution in [1.29, 1.82) is 0 Å². The lowest BCUT2D eigenvalue weighted by atomic mass is 9.80. The fourth-order valence-electron chi connectivity index (χ4n) is 4.52. The second-order valence-corrected chi connectivity index (χ2v) is 8.13. The highest BCUT2D eigenvalue weighted by Gasteiger charge is 2.39. The highest BCUT2D eigenvalue weighted by molar-refractivity contribution is 5.94. The van der Waals surface area contributed by atoms with Gasteiger partial charge in [0, 0.05) is 17.6 Å². The summed E-state index contributed by atoms with van der Waals surface area (Å²) in [5.74, 6) is 0.783. The first kappa shape index (κ1) is 20.2. The molecule has 0 radical (unpaired) electrons. The number of nitrogens with two attached hydrogens (primary N) is 1. The highest BCUT2D eigenvalue weighted by Crippen LogP contribution is 2.35. The van der Waals surface area contributed by atoms with Gasteiger partial charge in [0.2, 0.25) is 0 Å². The summed E-state index contributed by atoms with van der Waals surface area (Å²) in [6.45, 7) is 6.31. The van der Waals surface area contributed by atoms with Crippen molar-refractivity contribution in [3.05, 3.63) is 29.3 Å². The Hall–Kier alpha value is -1.59. The van der Waals surface area contributed by atoms with E-state index < -0.39 is 0 Å². The molecule has 2 fully saturated rings. The summed E-state index contributed by atoms with van der Waals surface area (Å²) in [6, 6.07) is 5.72. The SMILES string of the molecule is Cc1ccc(C(=O)NCC2(N3CCCC3)CCCCC2)cc1OCCCN. The van der Waals surface area contributed by atoms with Crippen LogP contribution in [0.5, 0.6) is 5.75 Å². The molecule has 2 aliphatic rings. The molecular weight excluding hydrogens is 338 g/mol. The van der Waals surface area contributed by atoms with Gasteiger partial charge in [0.05, 0.1) is 6.61 Å². The Morgan fingerprint density at radius 3 is 2.63 bits per heavy atom. The average molecular weight is 374 g/mol. The molecule has 1 aliphatic heterocycles. The molecule has 1 aromatic rings. The third kappa shape index (κ3) is 5.02. The molecule has 0 atom stereocenters. The topological polar surface area (TPSA) is 67.6 Å². The zero-order valence-corrected chi connectivity index (χ0v) is 16.8. The van der Waals surface area contributed by atoms with Crippen LogP contribution >= 0.6 is 0 Å². The molecule has 0 spiro atoms. The smallest absolute Gasteiger partial charge is 0.251 e. The van der Waals surface area contributed by atoms with Crippen LogP contribution in [0, 0.1) is 6.92 Å². The minimum atomic E-state index is 0.00261. The predicted octanol–water partition coefficient (Wildman–Crippen LogP) is 3.25. The van der Waals surface area contributed by atoms with Crippen LogP contribution in [0.2, 0.25) is 0 Å². The highest BCUT2D eigenvalue weighted by atomic mass is 16.5. The lowest BCUT2D eigenvalue weighted by Crippen LogP contribution is -2.55. The van der Waals surface area contributed by atoms with Gasteiger partial charge >= 0.3 is 0 Å². The van der Waals surface area contributed by atoms with Gasteiger partial charge in [0.25, 0.3) is 5.91 Å². The molecule has 150 valence electrons. The number of aryl methyl sites for hydroxylation is 1. The van der Waals surface area contributed by atoms with Crippen LogP contribution in [0.1, 0.15) is 67.3 Å². The van der Waals surface area contributed by atoms with Crippen molar-refractivity contribution in [3.8, 4) is 5.75 Å². The number of ether oxygens (including phenoxy) is 1. The Morgan fingerprint density at radius 2 is 1.93 bits per heavy atom. The van der Waals surface area contributed by atoms with Gasteiger partial charge in [-0.05, 0) is 76.4 Å². The van der Waals surface area contributed by atoms with E-state index in [1.807, 2.05) is 25.1 Å². The molecule has 0 aromatic heterocycles. The van der Waals surface area contributed by atoms with Crippen LogP contribution < -0.4 is 15.8 Å². The largest absolute Gasteiger partial charge is 0.493 e. The number of likely N-dealkylation sites (tertiary alicyclic amines) is 1. The van der Waals surface area contributed by atoms with Crippen molar-refractivity contribution in [1.82, 2.24) is 10.2 Å². The summed E-state index contributed by atoms with van der Waals surface area (Å²) in [5.41, 5.74) is 7.42. The van der Waals surface area contributed by atoms with Gasteiger partial charge in [-0.15, -0.1) is 0 Å². The first-order chi connectivity index (χ1) is 13.1. The van der Waals surface area contributed by atoms with E-state index in [9.17, 15) is 4.79 Å². The van der Waals surface area contributed by atoms with Gasteiger partial charge < -0.3 is 15.8 Å². The Labute approximate surface area is 163 Å². The molecule has 0 bridgehead atoms. The van der Waals surface area contributed by atoms with Crippen molar-refractivity contribution in [3.63, 3.8) is 0 Å². The van der Waals surface area contributed by atoms with Gasteiger partial charge in [-0.25, -0.2) is 0 Å². The van der Waals surface area contributed by atoms with Gasteiger partial charge in [0.15, 0.2) is 0 Å². The second-order valence-electron chi connectivity index (χ2n) is 8.13. The molecule has 3 rings (SSSR count). The molecule has 5 nitrogen and oxygen atoms in total. The predicted molar refractivity (Wildman–Crippen MR) is 109 cm³/mol. The molecule has 0 unspecified atom stereocenters. The number of amides is 1. The van der Waals surface area contributed by atoms with Crippen LogP contribution in [0.4, 0.5) is 0 Å². The summed E-state index contributed by atoms with van der Waals surface area (Å²) in [6.07, 6.45) is 9.67. The summed E-state index contributed by atoms with van der Waals surface area (Å²) in [4.78, 5) is 15.5. The number of carbonyl (C=O) groups excluding carboxylic acids is 1. The maximum Gasteiger partial charge on any atom is 0.251 e. The first-order valence-corrected chi connectivity index (χ1v) is 10.6. The van der Waals surface area contributed by atoms with Gasteiger partial charge in [-0.2, -0.15) is 0 Å². The van der Waals surface area contributed by atoms with Crippen LogP contribution in [-0.4, -0.2) is 49.1 Å². The first-order valence-electron chi connectivity index (χ1n) is 10.6. The quantitative estimate of drug-likeness (QED) is 0.687. The fraction of sp³-hybridized carbons (Fsp3) is 0.682. The lowest BCUT2D eigenvalue weighted by molar-refractivity contribution is 0.0652. The molecule has 1 amide bonds. The van der Waals surface area contributed by atoms with Crippen LogP contribution in [0.15, 0.2) is 18.2 Å². The van der Waals surface area contributed by atoms with Crippen molar-refractivity contribution < 1.29 is 9.53 Å². The van der Waals surface area contributed by atoms with Gasteiger partial charge in [0.1, 0.15) is 5.75 Å². The molecule has 3 N–H and O–H groups in total. The van der Waals surface area contributed by atoms with E-state index in [0.29, 0.717) is 18.7 Å². The average Bonchev–Trinajstić information content (AvgIpc) is 3.24.